The molecule has 0 unspecified atom stereocenters. The minimum atomic E-state index is -0.147. The number of halogens is 1. The Hall–Kier alpha value is -3.06. The van der Waals surface area contributed by atoms with Crippen LogP contribution in [0.5, 0.6) is 0 Å². The molecule has 8 heteroatoms. The highest BCUT2D eigenvalue weighted by Gasteiger charge is 2.22. The van der Waals surface area contributed by atoms with Gasteiger partial charge in [-0.05, 0) is 18.2 Å². The second-order valence-corrected chi connectivity index (χ2v) is 6.35. The van der Waals surface area contributed by atoms with Crippen LogP contribution in [0.3, 0.4) is 0 Å². The lowest BCUT2D eigenvalue weighted by Crippen LogP contribution is -2.31. The van der Waals surface area contributed by atoms with E-state index in [4.69, 9.17) is 20.4 Å². The monoisotopic (exact) mass is 370 g/mol. The molecule has 0 aliphatic heterocycles. The minimum Gasteiger partial charge on any atom is -0.451 e. The van der Waals surface area contributed by atoms with Crippen LogP contribution in [0.2, 0.25) is 5.02 Å². The SMILES string of the molecule is Cn1c(C(=O)N(Cc2cocn2)Cc2cocn2)cc2ccc(Cl)cc21. The third-order valence-corrected chi connectivity index (χ3v) is 4.42. The summed E-state index contributed by atoms with van der Waals surface area (Å²) in [6, 6.07) is 7.40. The van der Waals surface area contributed by atoms with Crippen molar-refractivity contribution in [1.29, 1.82) is 0 Å². The molecule has 0 atom stereocenters. The molecule has 4 aromatic rings. The number of carbonyl (C=O) groups excluding carboxylic acids is 1. The van der Waals surface area contributed by atoms with Gasteiger partial charge in [0.05, 0.1) is 24.5 Å². The average Bonchev–Trinajstić information content (AvgIpc) is 3.37. The fourth-order valence-electron chi connectivity index (χ4n) is 2.89. The number of carbonyl (C=O) groups is 1. The number of fused-ring (bicyclic) bond motifs is 1. The van der Waals surface area contributed by atoms with Gasteiger partial charge in [-0.2, -0.15) is 0 Å². The predicted molar refractivity (Wildman–Crippen MR) is 94.5 cm³/mol. The standard InChI is InChI=1S/C18H15ClN4O3/c1-22-16-5-13(19)3-2-12(16)4-17(22)18(24)23(6-14-8-25-10-20-14)7-15-9-26-11-21-15/h2-5,8-11H,6-7H2,1H3. The Labute approximate surface area is 153 Å². The van der Waals surface area contributed by atoms with Crippen LogP contribution in [-0.4, -0.2) is 25.3 Å². The van der Waals surface area contributed by atoms with Crippen LogP contribution in [-0.2, 0) is 20.1 Å². The topological polar surface area (TPSA) is 77.3 Å². The third kappa shape index (κ3) is 3.09. The van der Waals surface area contributed by atoms with Gasteiger partial charge in [-0.15, -0.1) is 0 Å². The molecule has 132 valence electrons. The number of benzene rings is 1. The Morgan fingerprint density at radius 2 is 1.77 bits per heavy atom. The van der Waals surface area contributed by atoms with Gasteiger partial charge in [-0.1, -0.05) is 17.7 Å². The van der Waals surface area contributed by atoms with E-state index in [2.05, 4.69) is 9.97 Å². The van der Waals surface area contributed by atoms with Crippen LogP contribution >= 0.6 is 11.6 Å². The number of rotatable bonds is 5. The molecular weight excluding hydrogens is 356 g/mol. The molecule has 1 amide bonds. The lowest BCUT2D eigenvalue weighted by atomic mass is 10.2. The Morgan fingerprint density at radius 3 is 2.35 bits per heavy atom. The Balaban J connectivity index is 1.70. The molecule has 0 bridgehead atoms. The largest absolute Gasteiger partial charge is 0.451 e. The van der Waals surface area contributed by atoms with Crippen LogP contribution in [0.15, 0.2) is 58.4 Å². The van der Waals surface area contributed by atoms with Crippen LogP contribution in [0, 0.1) is 0 Å². The Morgan fingerprint density at radius 1 is 1.12 bits per heavy atom. The maximum atomic E-state index is 13.2. The van der Waals surface area contributed by atoms with E-state index in [9.17, 15) is 4.79 Å². The van der Waals surface area contributed by atoms with Crippen molar-refractivity contribution in [3.05, 3.63) is 71.7 Å². The van der Waals surface area contributed by atoms with Gasteiger partial charge in [-0.3, -0.25) is 4.79 Å². The molecule has 0 spiro atoms. The molecular formula is C18H15ClN4O3. The van der Waals surface area contributed by atoms with E-state index < -0.39 is 0 Å². The fraction of sp³-hybridized carbons (Fsp3) is 0.167. The fourth-order valence-corrected chi connectivity index (χ4v) is 3.06. The zero-order chi connectivity index (χ0) is 18.1. The zero-order valence-corrected chi connectivity index (χ0v) is 14.7. The van der Waals surface area contributed by atoms with E-state index >= 15 is 0 Å². The summed E-state index contributed by atoms with van der Waals surface area (Å²) in [4.78, 5) is 23.1. The summed E-state index contributed by atoms with van der Waals surface area (Å²) < 4.78 is 11.9. The smallest absolute Gasteiger partial charge is 0.271 e. The van der Waals surface area contributed by atoms with E-state index in [1.54, 1.807) is 11.0 Å². The highest BCUT2D eigenvalue weighted by Crippen LogP contribution is 2.24. The number of nitrogens with zero attached hydrogens (tertiary/aromatic N) is 4. The minimum absolute atomic E-state index is 0.147. The van der Waals surface area contributed by atoms with Crippen LogP contribution < -0.4 is 0 Å². The number of oxazole rings is 2. The van der Waals surface area contributed by atoms with Crippen molar-refractivity contribution >= 4 is 28.4 Å². The van der Waals surface area contributed by atoms with E-state index in [1.807, 2.05) is 29.8 Å². The van der Waals surface area contributed by atoms with Crippen LogP contribution in [0.25, 0.3) is 10.9 Å². The van der Waals surface area contributed by atoms with E-state index in [0.29, 0.717) is 35.2 Å². The normalized spacial score (nSPS) is 11.2. The summed E-state index contributed by atoms with van der Waals surface area (Å²) in [5, 5.41) is 1.57. The second kappa shape index (κ2) is 6.68. The van der Waals surface area contributed by atoms with Gasteiger partial charge in [0.2, 0.25) is 0 Å². The molecule has 0 saturated heterocycles. The summed E-state index contributed by atoms with van der Waals surface area (Å²) in [6.07, 6.45) is 5.72. The van der Waals surface area contributed by atoms with Gasteiger partial charge in [-0.25, -0.2) is 9.97 Å². The lowest BCUT2D eigenvalue weighted by molar-refractivity contribution is 0.0716. The molecule has 0 aliphatic rings. The van der Waals surface area contributed by atoms with Gasteiger partial charge in [0.1, 0.15) is 18.2 Å². The van der Waals surface area contributed by atoms with Crippen LogP contribution in [0.1, 0.15) is 21.9 Å². The number of hydrogen-bond donors (Lipinski definition) is 0. The molecule has 0 saturated carbocycles. The summed E-state index contributed by atoms with van der Waals surface area (Å²) in [5.41, 5.74) is 2.75. The first-order valence-corrected chi connectivity index (χ1v) is 8.28. The van der Waals surface area contributed by atoms with Gasteiger partial charge < -0.3 is 18.3 Å². The van der Waals surface area contributed by atoms with Crippen LogP contribution in [0.4, 0.5) is 0 Å². The van der Waals surface area contributed by atoms with E-state index in [1.165, 1.54) is 25.3 Å². The summed E-state index contributed by atoms with van der Waals surface area (Å²) >= 11 is 6.09. The maximum Gasteiger partial charge on any atom is 0.271 e. The van der Waals surface area contributed by atoms with Gasteiger partial charge in [0.15, 0.2) is 12.8 Å². The van der Waals surface area contributed by atoms with Crippen molar-refractivity contribution in [1.82, 2.24) is 19.4 Å². The predicted octanol–water partition coefficient (Wildman–Crippen LogP) is 3.65. The molecule has 1 aromatic carbocycles. The first kappa shape index (κ1) is 16.4. The second-order valence-electron chi connectivity index (χ2n) is 5.91. The van der Waals surface area contributed by atoms with Crippen molar-refractivity contribution < 1.29 is 13.6 Å². The molecule has 0 N–H and O–H groups in total. The van der Waals surface area contributed by atoms with Crippen molar-refractivity contribution in [3.63, 3.8) is 0 Å². The Bertz CT molecular complexity index is 1000. The van der Waals surface area contributed by atoms with Gasteiger partial charge >= 0.3 is 0 Å². The summed E-state index contributed by atoms with van der Waals surface area (Å²) in [6.45, 7) is 0.592. The van der Waals surface area contributed by atoms with Crippen molar-refractivity contribution in [2.75, 3.05) is 0 Å². The van der Waals surface area contributed by atoms with Gasteiger partial charge in [0.25, 0.3) is 5.91 Å². The molecule has 4 rings (SSSR count). The Kier molecular flexibility index (Phi) is 4.22. The molecule has 0 radical (unpaired) electrons. The average molecular weight is 371 g/mol. The zero-order valence-electron chi connectivity index (χ0n) is 13.9. The number of aromatic nitrogens is 3. The van der Waals surface area contributed by atoms with Crippen molar-refractivity contribution in [2.24, 2.45) is 7.05 Å². The third-order valence-electron chi connectivity index (χ3n) is 4.19. The summed E-state index contributed by atoms with van der Waals surface area (Å²) in [5.74, 6) is -0.147. The number of hydrogen-bond acceptors (Lipinski definition) is 5. The quantitative estimate of drug-likeness (QED) is 0.536. The number of aryl methyl sites for hydroxylation is 1. The molecule has 0 aliphatic carbocycles. The molecule has 3 aromatic heterocycles. The molecule has 7 nitrogen and oxygen atoms in total. The molecule has 26 heavy (non-hydrogen) atoms. The number of amides is 1. The first-order chi connectivity index (χ1) is 12.6. The van der Waals surface area contributed by atoms with Crippen molar-refractivity contribution in [3.8, 4) is 0 Å². The molecule has 0 fully saturated rings. The van der Waals surface area contributed by atoms with Gasteiger partial charge in [0, 0.05) is 23.0 Å². The highest BCUT2D eigenvalue weighted by atomic mass is 35.5. The van der Waals surface area contributed by atoms with E-state index in [0.717, 1.165) is 10.9 Å². The first-order valence-electron chi connectivity index (χ1n) is 7.90. The summed E-state index contributed by atoms with van der Waals surface area (Å²) in [7, 11) is 1.84. The molecule has 3 heterocycles. The lowest BCUT2D eigenvalue weighted by Gasteiger charge is -2.21. The van der Waals surface area contributed by atoms with E-state index in [-0.39, 0.29) is 5.91 Å². The highest BCUT2D eigenvalue weighted by molar-refractivity contribution is 6.31. The maximum absolute atomic E-state index is 13.2. The van der Waals surface area contributed by atoms with Crippen molar-refractivity contribution in [2.45, 2.75) is 13.1 Å².